The third-order valence-corrected chi connectivity index (χ3v) is 9.16. The van der Waals surface area contributed by atoms with Gasteiger partial charge in [-0.25, -0.2) is 0 Å². The Morgan fingerprint density at radius 1 is 0.654 bits per heavy atom. The van der Waals surface area contributed by atoms with Gasteiger partial charge in [0.2, 0.25) is 0 Å². The summed E-state index contributed by atoms with van der Waals surface area (Å²) in [6.07, 6.45) is 4.22. The molecule has 14 nitrogen and oxygen atoms in total. The second kappa shape index (κ2) is 24.8. The van der Waals surface area contributed by atoms with Crippen molar-refractivity contribution in [2.45, 2.75) is 148 Å². The lowest BCUT2D eigenvalue weighted by atomic mass is 9.99. The Labute approximate surface area is 313 Å². The molecule has 2 unspecified atom stereocenters. The highest BCUT2D eigenvalue weighted by molar-refractivity contribution is 5.72. The lowest BCUT2D eigenvalue weighted by Gasteiger charge is -2.39. The van der Waals surface area contributed by atoms with Crippen LogP contribution < -0.4 is 5.32 Å². The Bertz CT molecular complexity index is 976. The number of hydrogen-bond donors (Lipinski definition) is 5. The molecule has 2 rings (SSSR count). The number of carbonyl (C=O) groups excluding carboxylic acids is 2. The van der Waals surface area contributed by atoms with Crippen LogP contribution in [0.5, 0.6) is 0 Å². The number of rotatable bonds is 17. The van der Waals surface area contributed by atoms with Crippen LogP contribution in [0, 0.1) is 0 Å². The van der Waals surface area contributed by atoms with Gasteiger partial charge in [0.1, 0.15) is 35.6 Å². The molecule has 0 bridgehead atoms. The fraction of sp³-hybridized carbons (Fsp3) is 0.947. The van der Waals surface area contributed by atoms with Gasteiger partial charge in [-0.1, -0.05) is 38.5 Å². The van der Waals surface area contributed by atoms with Crippen molar-refractivity contribution in [2.24, 2.45) is 0 Å². The van der Waals surface area contributed by atoms with Crippen LogP contribution in [0.15, 0.2) is 0 Å². The van der Waals surface area contributed by atoms with E-state index in [1.54, 1.807) is 0 Å². The molecule has 52 heavy (non-hydrogen) atoms. The quantitative estimate of drug-likeness (QED) is 0.108. The summed E-state index contributed by atoms with van der Waals surface area (Å²) in [4.78, 5) is 32.3. The Balaban J connectivity index is 1.78. The van der Waals surface area contributed by atoms with E-state index in [1.165, 1.54) is 0 Å². The number of hydrogen-bond acceptors (Lipinski definition) is 14. The van der Waals surface area contributed by atoms with Gasteiger partial charge < -0.3 is 49.6 Å². The smallest absolute Gasteiger partial charge is 0.320 e. The van der Waals surface area contributed by atoms with Crippen LogP contribution in [-0.4, -0.2) is 174 Å². The number of nitrogens with zero attached hydrogens (tertiary/aromatic N) is 3. The molecule has 2 heterocycles. The number of aliphatic hydroxyl groups excluding tert-OH is 4. The summed E-state index contributed by atoms with van der Waals surface area (Å²) in [5, 5.41) is 42.7. The van der Waals surface area contributed by atoms with Crippen LogP contribution in [0.3, 0.4) is 0 Å². The number of carbonyl (C=O) groups is 2. The molecule has 0 aliphatic carbocycles. The summed E-state index contributed by atoms with van der Waals surface area (Å²) in [5.74, 6) is -0.378. The van der Waals surface area contributed by atoms with Crippen LogP contribution in [0.1, 0.15) is 106 Å². The first kappa shape index (κ1) is 46.7. The second-order valence-corrected chi connectivity index (χ2v) is 16.4. The third-order valence-electron chi connectivity index (χ3n) is 9.16. The molecule has 2 aliphatic heterocycles. The molecule has 0 radical (unpaired) electrons. The summed E-state index contributed by atoms with van der Waals surface area (Å²) in [5.41, 5.74) is -1.01. The lowest BCUT2D eigenvalue weighted by Crippen LogP contribution is -2.59. The van der Waals surface area contributed by atoms with Crippen molar-refractivity contribution in [1.29, 1.82) is 0 Å². The highest BCUT2D eigenvalue weighted by Gasteiger charge is 2.43. The molecule has 5 N–H and O–H groups in total. The number of ether oxygens (including phenoxy) is 4. The van der Waals surface area contributed by atoms with Crippen LogP contribution in [0.4, 0.5) is 0 Å². The molecule has 2 saturated heterocycles. The van der Waals surface area contributed by atoms with E-state index in [2.05, 4.69) is 20.0 Å². The molecule has 0 amide bonds. The zero-order chi connectivity index (χ0) is 38.6. The molecule has 0 spiro atoms. The van der Waals surface area contributed by atoms with Crippen molar-refractivity contribution >= 4 is 11.9 Å². The van der Waals surface area contributed by atoms with Gasteiger partial charge in [0.05, 0.1) is 19.7 Å². The lowest BCUT2D eigenvalue weighted by molar-refractivity contribution is -0.301. The molecule has 0 aromatic heterocycles. The van der Waals surface area contributed by atoms with E-state index < -0.39 is 48.5 Å². The number of unbranched alkanes of at least 4 members (excludes halogenated alkanes) is 7. The topological polar surface area (TPSA) is 174 Å². The summed E-state index contributed by atoms with van der Waals surface area (Å²) < 4.78 is 22.2. The van der Waals surface area contributed by atoms with Gasteiger partial charge in [-0.3, -0.25) is 19.4 Å². The van der Waals surface area contributed by atoms with Gasteiger partial charge in [0.15, 0.2) is 6.29 Å². The van der Waals surface area contributed by atoms with Crippen LogP contribution in [0.25, 0.3) is 0 Å². The highest BCUT2D eigenvalue weighted by Crippen LogP contribution is 2.22. The number of esters is 2. The first-order valence-corrected chi connectivity index (χ1v) is 19.8. The third kappa shape index (κ3) is 20.8. The predicted octanol–water partition coefficient (Wildman–Crippen LogP) is 1.90. The molecular weight excluding hydrogens is 672 g/mol. The van der Waals surface area contributed by atoms with Gasteiger partial charge in [0.25, 0.3) is 0 Å². The van der Waals surface area contributed by atoms with Gasteiger partial charge in [-0.05, 0) is 93.4 Å². The molecule has 2 aliphatic rings. The number of nitrogens with one attached hydrogen (secondary N) is 1. The predicted molar refractivity (Wildman–Crippen MR) is 200 cm³/mol. The normalized spacial score (nSPS) is 25.8. The fourth-order valence-corrected chi connectivity index (χ4v) is 6.48. The maximum atomic E-state index is 12.7. The van der Waals surface area contributed by atoms with Gasteiger partial charge in [-0.15, -0.1) is 0 Å². The maximum Gasteiger partial charge on any atom is 0.320 e. The van der Waals surface area contributed by atoms with Crippen molar-refractivity contribution in [3.05, 3.63) is 0 Å². The zero-order valence-corrected chi connectivity index (χ0v) is 33.2. The minimum absolute atomic E-state index is 0.188. The Morgan fingerprint density at radius 2 is 1.17 bits per heavy atom. The summed E-state index contributed by atoms with van der Waals surface area (Å²) in [6.45, 7) is 19.4. The fourth-order valence-electron chi connectivity index (χ4n) is 6.48. The molecule has 0 saturated carbocycles. The minimum Gasteiger partial charge on any atom is -0.459 e. The van der Waals surface area contributed by atoms with Crippen molar-refractivity contribution in [3.8, 4) is 0 Å². The molecule has 5 atom stereocenters. The molecule has 0 aromatic rings. The zero-order valence-electron chi connectivity index (χ0n) is 33.2. The van der Waals surface area contributed by atoms with Gasteiger partial charge in [0, 0.05) is 39.3 Å². The Morgan fingerprint density at radius 3 is 1.77 bits per heavy atom. The summed E-state index contributed by atoms with van der Waals surface area (Å²) >= 11 is 0. The van der Waals surface area contributed by atoms with E-state index in [9.17, 15) is 30.0 Å². The van der Waals surface area contributed by atoms with Crippen molar-refractivity contribution < 1.29 is 49.0 Å². The van der Waals surface area contributed by atoms with E-state index >= 15 is 0 Å². The van der Waals surface area contributed by atoms with E-state index in [0.717, 1.165) is 123 Å². The minimum atomic E-state index is -1.42. The average Bonchev–Trinajstić information content (AvgIpc) is 3.04. The van der Waals surface area contributed by atoms with Crippen LogP contribution in [-0.2, 0) is 28.5 Å². The molecule has 2 fully saturated rings. The molecule has 14 heteroatoms. The van der Waals surface area contributed by atoms with Crippen molar-refractivity contribution in [1.82, 2.24) is 20.0 Å². The van der Waals surface area contributed by atoms with Gasteiger partial charge in [-0.2, -0.15) is 0 Å². The van der Waals surface area contributed by atoms with Crippen LogP contribution >= 0.6 is 0 Å². The van der Waals surface area contributed by atoms with Crippen molar-refractivity contribution in [3.63, 3.8) is 0 Å². The van der Waals surface area contributed by atoms with E-state index in [4.69, 9.17) is 18.9 Å². The highest BCUT2D eigenvalue weighted by atomic mass is 16.7. The first-order valence-electron chi connectivity index (χ1n) is 19.8. The molecule has 306 valence electrons. The van der Waals surface area contributed by atoms with Crippen molar-refractivity contribution in [2.75, 3.05) is 85.2 Å². The summed E-state index contributed by atoms with van der Waals surface area (Å²) in [6, 6.07) is 0. The molecule has 0 aromatic carbocycles. The Kier molecular flexibility index (Phi) is 22.3. The van der Waals surface area contributed by atoms with Crippen LogP contribution in [0.2, 0.25) is 0 Å². The number of aliphatic hydroxyl groups is 4. The standard InChI is InChI=1S/C38H74N4O10/c1-37(2,3)51-31(44)27-41-22-16-21-40(24-25-42(20-15-17-39-18-23-41)28-32(45)52-38(4,5)6)19-13-11-9-7-8-10-12-14-26-49-36-35(48)34(47)33(46)30(29-43)50-36/h30,33-36,39,43,46-48H,7-29H2,1-6H3/t30?,33-,34+,35?,36-/m1/s1. The molecular formula is C38H74N4O10. The van der Waals surface area contributed by atoms with E-state index in [-0.39, 0.29) is 25.0 Å². The average molecular weight is 747 g/mol. The second-order valence-electron chi connectivity index (χ2n) is 16.4. The first-order chi connectivity index (χ1) is 24.6. The van der Waals surface area contributed by atoms with E-state index in [1.807, 2.05) is 41.5 Å². The van der Waals surface area contributed by atoms with E-state index in [0.29, 0.717) is 6.61 Å². The summed E-state index contributed by atoms with van der Waals surface area (Å²) in [7, 11) is 0. The Hall–Kier alpha value is -1.46. The SMILES string of the molecule is CC(C)(C)OC(=O)CN1CCCN(CCCCCCCCCCO[C@@H]2OC(CO)[C@@H](O)[C@H](O)C2O)CCN(CC(=O)OC(C)(C)C)CCCNCC1. The monoisotopic (exact) mass is 747 g/mol. The largest absolute Gasteiger partial charge is 0.459 e. The maximum absolute atomic E-state index is 12.7. The van der Waals surface area contributed by atoms with Gasteiger partial charge >= 0.3 is 11.9 Å².